The lowest BCUT2D eigenvalue weighted by Gasteiger charge is -2.31. The van der Waals surface area contributed by atoms with Crippen molar-refractivity contribution in [3.63, 3.8) is 0 Å². The van der Waals surface area contributed by atoms with Crippen LogP contribution in [0.15, 0.2) is 30.3 Å². The minimum Gasteiger partial charge on any atom is -0.480 e. The van der Waals surface area contributed by atoms with Crippen molar-refractivity contribution >= 4 is 29.8 Å². The first-order valence-corrected chi connectivity index (χ1v) is 13.3. The number of likely N-dealkylation sites (tertiary alicyclic amines) is 1. The van der Waals surface area contributed by atoms with Crippen LogP contribution in [0.1, 0.15) is 46.6 Å². The van der Waals surface area contributed by atoms with Gasteiger partial charge in [0.1, 0.15) is 30.3 Å². The minimum atomic E-state index is -1.20. The molecule has 1 fully saturated rings. The first kappa shape index (κ1) is 34.9. The van der Waals surface area contributed by atoms with E-state index in [-0.39, 0.29) is 31.8 Å². The molecule has 12 nitrogen and oxygen atoms in total. The van der Waals surface area contributed by atoms with Crippen LogP contribution in [0.4, 0.5) is 4.79 Å². The van der Waals surface area contributed by atoms with Gasteiger partial charge in [0, 0.05) is 26.1 Å². The Bertz CT molecular complexity index is 1080. The van der Waals surface area contributed by atoms with Gasteiger partial charge in [-0.25, -0.2) is 9.59 Å². The van der Waals surface area contributed by atoms with Crippen molar-refractivity contribution < 1.29 is 33.8 Å². The van der Waals surface area contributed by atoms with Crippen molar-refractivity contribution in [3.05, 3.63) is 35.9 Å². The van der Waals surface area contributed by atoms with Gasteiger partial charge in [-0.1, -0.05) is 44.2 Å². The highest BCUT2D eigenvalue weighted by Gasteiger charge is 2.42. The summed E-state index contributed by atoms with van der Waals surface area (Å²) in [6, 6.07) is 5.20. The summed E-state index contributed by atoms with van der Waals surface area (Å²) in [5, 5.41) is 14.9. The van der Waals surface area contributed by atoms with Crippen LogP contribution in [-0.2, 0) is 30.3 Å². The minimum absolute atomic E-state index is 0.0737. The number of nitrogens with one attached hydrogen (secondary N) is 2. The van der Waals surface area contributed by atoms with E-state index in [2.05, 4.69) is 23.5 Å². The maximum Gasteiger partial charge on any atom is 0.410 e. The van der Waals surface area contributed by atoms with Crippen LogP contribution < -0.4 is 16.4 Å². The Labute approximate surface area is 241 Å². The fraction of sp³-hybridized carbons (Fsp3) is 0.552. The Morgan fingerprint density at radius 3 is 2.22 bits per heavy atom. The molecule has 226 valence electrons. The number of ether oxygens (including phenoxy) is 1. The van der Waals surface area contributed by atoms with E-state index in [1.807, 2.05) is 0 Å². The van der Waals surface area contributed by atoms with Gasteiger partial charge in [-0.15, -0.1) is 12.8 Å². The number of carbonyl (C=O) groups excluding carboxylic acids is 4. The summed E-state index contributed by atoms with van der Waals surface area (Å²) in [5.74, 6) is -3.26. The molecule has 2 rings (SSSR count). The number of rotatable bonds is 10. The molecule has 1 aromatic rings. The Balaban J connectivity index is 0.00000411. The van der Waals surface area contributed by atoms with Crippen molar-refractivity contribution in [2.45, 2.75) is 77.2 Å². The second-order valence-electron chi connectivity index (χ2n) is 11.2. The number of carbonyl (C=O) groups is 5. The molecule has 1 aromatic carbocycles. The molecule has 0 spiro atoms. The van der Waals surface area contributed by atoms with Crippen molar-refractivity contribution in [2.75, 3.05) is 20.1 Å². The Hall–Kier alpha value is -4.11. The van der Waals surface area contributed by atoms with Gasteiger partial charge in [0.05, 0.1) is 0 Å². The lowest BCUT2D eigenvalue weighted by molar-refractivity contribution is -0.145. The second-order valence-corrected chi connectivity index (χ2v) is 11.2. The predicted octanol–water partition coefficient (Wildman–Crippen LogP) is 0.984. The molecule has 4 amide bonds. The lowest BCUT2D eigenvalue weighted by atomic mass is 10.0. The number of hydrogen-bond acceptors (Lipinski definition) is 7. The van der Waals surface area contributed by atoms with Gasteiger partial charge in [-0.3, -0.25) is 14.4 Å². The number of benzene rings is 1. The van der Waals surface area contributed by atoms with E-state index in [1.54, 1.807) is 65.0 Å². The van der Waals surface area contributed by atoms with Gasteiger partial charge in [0.15, 0.2) is 0 Å². The third-order valence-electron chi connectivity index (χ3n) is 6.15. The zero-order valence-electron chi connectivity index (χ0n) is 24.6. The average molecular weight is 574 g/mol. The van der Waals surface area contributed by atoms with E-state index in [0.717, 1.165) is 10.5 Å². The summed E-state index contributed by atoms with van der Waals surface area (Å²) in [6.45, 7) is 8.34. The highest BCUT2D eigenvalue weighted by Crippen LogP contribution is 2.21. The topological polar surface area (TPSA) is 171 Å². The highest BCUT2D eigenvalue weighted by molar-refractivity contribution is 5.94. The maximum atomic E-state index is 13.6. The van der Waals surface area contributed by atoms with Crippen LogP contribution in [0.25, 0.3) is 0 Å². The number of nitrogens with two attached hydrogens (primary N) is 1. The molecule has 0 aliphatic carbocycles. The molecule has 41 heavy (non-hydrogen) atoms. The summed E-state index contributed by atoms with van der Waals surface area (Å²) in [4.78, 5) is 65.9. The number of nitrogens with zero attached hydrogens (tertiary/aromatic N) is 2. The first-order chi connectivity index (χ1) is 19.1. The number of carboxylic acid groups (broad SMARTS) is 1. The van der Waals surface area contributed by atoms with Crippen molar-refractivity contribution in [1.29, 1.82) is 0 Å². The van der Waals surface area contributed by atoms with Crippen LogP contribution in [-0.4, -0.2) is 94.6 Å². The molecule has 1 aliphatic heterocycles. The second kappa shape index (κ2) is 15.6. The van der Waals surface area contributed by atoms with Crippen molar-refractivity contribution in [1.82, 2.24) is 20.4 Å². The van der Waals surface area contributed by atoms with E-state index in [4.69, 9.17) is 10.5 Å². The Morgan fingerprint density at radius 1 is 1.12 bits per heavy atom. The summed E-state index contributed by atoms with van der Waals surface area (Å²) >= 11 is 0. The van der Waals surface area contributed by atoms with Crippen molar-refractivity contribution in [3.8, 4) is 12.8 Å². The van der Waals surface area contributed by atoms with E-state index in [0.29, 0.717) is 0 Å². The molecule has 0 aromatic heterocycles. The number of aliphatic carboxylic acids is 1. The fourth-order valence-electron chi connectivity index (χ4n) is 4.21. The summed E-state index contributed by atoms with van der Waals surface area (Å²) in [6.07, 6.45) is 7.54. The van der Waals surface area contributed by atoms with E-state index in [1.165, 1.54) is 11.9 Å². The van der Waals surface area contributed by atoms with Crippen LogP contribution in [0.2, 0.25) is 0 Å². The van der Waals surface area contributed by atoms with Gasteiger partial charge in [0.25, 0.3) is 0 Å². The van der Waals surface area contributed by atoms with Crippen LogP contribution >= 0.6 is 0 Å². The van der Waals surface area contributed by atoms with E-state index >= 15 is 0 Å². The summed E-state index contributed by atoms with van der Waals surface area (Å²) < 4.78 is 5.25. The molecule has 4 atom stereocenters. The van der Waals surface area contributed by atoms with E-state index < -0.39 is 59.6 Å². The molecular weight excluding hydrogens is 530 g/mol. The summed E-state index contributed by atoms with van der Waals surface area (Å²) in [5.41, 5.74) is 6.10. The summed E-state index contributed by atoms with van der Waals surface area (Å²) in [7, 11) is 1.41. The van der Waals surface area contributed by atoms with Crippen LogP contribution in [0, 0.1) is 18.8 Å². The molecule has 0 radical (unpaired) electrons. The molecule has 1 saturated heterocycles. The third-order valence-corrected chi connectivity index (χ3v) is 6.15. The molecule has 5 N–H and O–H groups in total. The smallest absolute Gasteiger partial charge is 0.410 e. The zero-order valence-corrected chi connectivity index (χ0v) is 24.6. The molecular formula is C29H43N5O7. The quantitative estimate of drug-likeness (QED) is 0.300. The highest BCUT2D eigenvalue weighted by atomic mass is 16.6. The van der Waals surface area contributed by atoms with Gasteiger partial charge < -0.3 is 36.0 Å². The standard InChI is InChI=1S/C27H41N5O7.C2H2/c1-16(2)22(30-21(33)15-31(6)26(38)39-27(3,4)5)24(35)32-14-18(28)13-20(32)23(34)29-19(25(36)37)12-17-10-8-7-9-11-17;1-2/h7-11,16,18-20,22H,12-15,28H2,1-6H3,(H,29,34)(H,30,33)(H,36,37);1-2H/t18-,19-,20-,22?;/m0./s1. The van der Waals surface area contributed by atoms with Gasteiger partial charge in [0.2, 0.25) is 17.7 Å². The van der Waals surface area contributed by atoms with Crippen LogP contribution in [0.5, 0.6) is 0 Å². The molecule has 0 saturated carbocycles. The number of terminal acetylenes is 1. The normalized spacial score (nSPS) is 17.9. The molecule has 12 heteroatoms. The molecule has 0 bridgehead atoms. The van der Waals surface area contributed by atoms with Gasteiger partial charge >= 0.3 is 12.1 Å². The maximum absolute atomic E-state index is 13.6. The van der Waals surface area contributed by atoms with Gasteiger partial charge in [-0.05, 0) is 38.7 Å². The van der Waals surface area contributed by atoms with Crippen molar-refractivity contribution in [2.24, 2.45) is 11.7 Å². The molecule has 1 unspecified atom stereocenters. The average Bonchev–Trinajstić information content (AvgIpc) is 3.28. The number of likely N-dealkylation sites (N-methyl/N-ethyl adjacent to an activating group) is 1. The van der Waals surface area contributed by atoms with E-state index in [9.17, 15) is 29.1 Å². The number of amides is 4. The Morgan fingerprint density at radius 2 is 1.71 bits per heavy atom. The number of carboxylic acids is 1. The van der Waals surface area contributed by atoms with Gasteiger partial charge in [-0.2, -0.15) is 0 Å². The number of hydrogen-bond donors (Lipinski definition) is 4. The molecule has 1 aliphatic rings. The zero-order chi connectivity index (χ0) is 31.5. The Kier molecular flexibility index (Phi) is 13.3. The lowest BCUT2D eigenvalue weighted by Crippen LogP contribution is -2.57. The first-order valence-electron chi connectivity index (χ1n) is 13.3. The third kappa shape index (κ3) is 11.1. The predicted molar refractivity (Wildman–Crippen MR) is 153 cm³/mol. The fourth-order valence-corrected chi connectivity index (χ4v) is 4.21. The molecule has 1 heterocycles. The SMILES string of the molecule is C#C.CC(C)C(NC(=O)CN(C)C(=O)OC(C)(C)C)C(=O)N1C[C@@H](N)C[C@H]1C(=O)N[C@@H](Cc1ccccc1)C(=O)O. The largest absolute Gasteiger partial charge is 0.480 e. The van der Waals surface area contributed by atoms with Crippen LogP contribution in [0.3, 0.4) is 0 Å². The monoisotopic (exact) mass is 573 g/mol.